The number of anilines is 2. The summed E-state index contributed by atoms with van der Waals surface area (Å²) in [5, 5.41) is 17.0. The van der Waals surface area contributed by atoms with Crippen molar-refractivity contribution in [2.45, 2.75) is 31.6 Å². The van der Waals surface area contributed by atoms with Gasteiger partial charge in [-0.1, -0.05) is 23.5 Å². The molecule has 0 bridgehead atoms. The number of nitrogens with one attached hydrogen (secondary N) is 1. The third-order valence-corrected chi connectivity index (χ3v) is 6.05. The third-order valence-electron chi connectivity index (χ3n) is 5.10. The molecule has 1 aromatic carbocycles. The molecule has 1 aliphatic heterocycles. The van der Waals surface area contributed by atoms with Crippen LogP contribution in [0.5, 0.6) is 0 Å². The van der Waals surface area contributed by atoms with E-state index in [1.807, 2.05) is 28.8 Å². The van der Waals surface area contributed by atoms with Gasteiger partial charge in [-0.05, 0) is 25.0 Å². The van der Waals surface area contributed by atoms with E-state index in [4.69, 9.17) is 4.74 Å². The molecule has 1 N–H and O–H groups in total. The van der Waals surface area contributed by atoms with Crippen molar-refractivity contribution in [1.82, 2.24) is 19.8 Å². The number of aryl methyl sites for hydroxylation is 1. The fourth-order valence-corrected chi connectivity index (χ4v) is 4.30. The summed E-state index contributed by atoms with van der Waals surface area (Å²) in [6, 6.07) is 7.94. The van der Waals surface area contributed by atoms with Crippen molar-refractivity contribution in [3.8, 4) is 0 Å². The van der Waals surface area contributed by atoms with E-state index in [9.17, 15) is 4.79 Å². The van der Waals surface area contributed by atoms with E-state index in [1.54, 1.807) is 0 Å². The van der Waals surface area contributed by atoms with E-state index < -0.39 is 0 Å². The maximum atomic E-state index is 12.5. The van der Waals surface area contributed by atoms with Crippen LogP contribution in [0.2, 0.25) is 0 Å². The van der Waals surface area contributed by atoms with Gasteiger partial charge in [0.1, 0.15) is 5.01 Å². The van der Waals surface area contributed by atoms with Crippen LogP contribution in [0.3, 0.4) is 0 Å². The second kappa shape index (κ2) is 7.48. The number of amides is 1. The van der Waals surface area contributed by atoms with Gasteiger partial charge in [0, 0.05) is 31.8 Å². The summed E-state index contributed by atoms with van der Waals surface area (Å²) in [5.74, 6) is 1.46. The maximum Gasteiger partial charge on any atom is 0.234 e. The molecule has 1 aliphatic carbocycles. The summed E-state index contributed by atoms with van der Waals surface area (Å²) in [7, 11) is 0. The molecule has 28 heavy (non-hydrogen) atoms. The van der Waals surface area contributed by atoms with Gasteiger partial charge in [-0.2, -0.15) is 9.61 Å². The van der Waals surface area contributed by atoms with E-state index in [0.717, 1.165) is 40.3 Å². The highest BCUT2D eigenvalue weighted by molar-refractivity contribution is 7.16. The molecule has 0 radical (unpaired) electrons. The summed E-state index contributed by atoms with van der Waals surface area (Å²) < 4.78 is 7.28. The van der Waals surface area contributed by atoms with Crippen LogP contribution in [-0.4, -0.2) is 52.0 Å². The Bertz CT molecular complexity index is 989. The van der Waals surface area contributed by atoms with Gasteiger partial charge in [0.05, 0.1) is 24.6 Å². The first-order valence-electron chi connectivity index (χ1n) is 9.70. The molecule has 0 atom stereocenters. The number of nitrogens with zero attached hydrogens (tertiary/aromatic N) is 5. The molecule has 3 heterocycles. The predicted octanol–water partition coefficient (Wildman–Crippen LogP) is 2.47. The summed E-state index contributed by atoms with van der Waals surface area (Å²) in [4.78, 5) is 15.6. The smallest absolute Gasteiger partial charge is 0.234 e. The topological polar surface area (TPSA) is 84.7 Å². The molecule has 5 rings (SSSR count). The fraction of sp³-hybridized carbons (Fsp3) is 0.474. The van der Waals surface area contributed by atoms with Crippen LogP contribution < -0.4 is 10.2 Å². The van der Waals surface area contributed by atoms with Gasteiger partial charge in [-0.15, -0.1) is 10.2 Å². The van der Waals surface area contributed by atoms with Gasteiger partial charge >= 0.3 is 0 Å². The van der Waals surface area contributed by atoms with Crippen LogP contribution in [-0.2, 0) is 16.0 Å². The third kappa shape index (κ3) is 3.59. The molecule has 2 aromatic heterocycles. The molecule has 2 aliphatic rings. The van der Waals surface area contributed by atoms with Crippen molar-refractivity contribution < 1.29 is 9.53 Å². The maximum absolute atomic E-state index is 12.5. The number of morpholine rings is 1. The molecule has 9 heteroatoms. The van der Waals surface area contributed by atoms with Crippen molar-refractivity contribution in [2.24, 2.45) is 0 Å². The van der Waals surface area contributed by atoms with E-state index in [1.165, 1.54) is 24.2 Å². The number of carbonyl (C=O) groups is 1. The molecule has 2 fully saturated rings. The highest BCUT2D eigenvalue weighted by atomic mass is 32.1. The van der Waals surface area contributed by atoms with Gasteiger partial charge < -0.3 is 15.0 Å². The van der Waals surface area contributed by atoms with Crippen molar-refractivity contribution in [2.75, 3.05) is 36.5 Å². The Morgan fingerprint density at radius 1 is 1.21 bits per heavy atom. The molecular formula is C19H22N6O2S. The molecule has 1 saturated carbocycles. The molecule has 146 valence electrons. The lowest BCUT2D eigenvalue weighted by Gasteiger charge is -2.30. The number of benzene rings is 1. The van der Waals surface area contributed by atoms with Crippen molar-refractivity contribution in [3.05, 3.63) is 35.1 Å². The van der Waals surface area contributed by atoms with Crippen LogP contribution in [0.1, 0.15) is 36.0 Å². The Kier molecular flexibility index (Phi) is 4.69. The lowest BCUT2D eigenvalue weighted by Crippen LogP contribution is -2.36. The van der Waals surface area contributed by atoms with Crippen LogP contribution in [0.15, 0.2) is 24.3 Å². The lowest BCUT2D eigenvalue weighted by molar-refractivity contribution is -0.116. The van der Waals surface area contributed by atoms with Crippen LogP contribution in [0.25, 0.3) is 4.96 Å². The predicted molar refractivity (Wildman–Crippen MR) is 107 cm³/mol. The minimum atomic E-state index is -0.00547. The highest BCUT2D eigenvalue weighted by Crippen LogP contribution is 2.39. The van der Waals surface area contributed by atoms with Crippen LogP contribution >= 0.6 is 11.3 Å². The number of hydrogen-bond acceptors (Lipinski definition) is 7. The number of hydrogen-bond donors (Lipinski definition) is 1. The second-order valence-corrected chi connectivity index (χ2v) is 8.23. The fourth-order valence-electron chi connectivity index (χ4n) is 3.46. The number of ether oxygens (including phenoxy) is 1. The summed E-state index contributed by atoms with van der Waals surface area (Å²) in [6.45, 7) is 3.10. The zero-order valence-corrected chi connectivity index (χ0v) is 16.3. The molecule has 1 amide bonds. The van der Waals surface area contributed by atoms with Gasteiger partial charge in [0.25, 0.3) is 0 Å². The monoisotopic (exact) mass is 398 g/mol. The first-order valence-corrected chi connectivity index (χ1v) is 10.5. The zero-order valence-electron chi connectivity index (χ0n) is 15.5. The summed E-state index contributed by atoms with van der Waals surface area (Å²) in [6.07, 6.45) is 3.32. The SMILES string of the molecule is O=C(CCc1nn2c(C3CC3)nnc2s1)Nc1ccccc1N1CCOCC1. The summed E-state index contributed by atoms with van der Waals surface area (Å²) >= 11 is 1.51. The van der Waals surface area contributed by atoms with Gasteiger partial charge in [0.15, 0.2) is 5.82 Å². The Hall–Kier alpha value is -2.52. The molecule has 0 unspecified atom stereocenters. The first kappa shape index (κ1) is 17.6. The van der Waals surface area contributed by atoms with E-state index in [2.05, 4.69) is 25.5 Å². The van der Waals surface area contributed by atoms with Gasteiger partial charge in [-0.3, -0.25) is 4.79 Å². The average Bonchev–Trinajstić information content (AvgIpc) is 3.36. The number of carbonyl (C=O) groups excluding carboxylic acids is 1. The Morgan fingerprint density at radius 3 is 2.86 bits per heavy atom. The van der Waals surface area contributed by atoms with E-state index >= 15 is 0 Å². The normalized spacial score (nSPS) is 17.2. The molecule has 8 nitrogen and oxygen atoms in total. The quantitative estimate of drug-likeness (QED) is 0.687. The van der Waals surface area contributed by atoms with Crippen LogP contribution in [0, 0.1) is 0 Å². The van der Waals surface area contributed by atoms with Crippen LogP contribution in [0.4, 0.5) is 11.4 Å². The zero-order chi connectivity index (χ0) is 18.9. The second-order valence-electron chi connectivity index (χ2n) is 7.19. The van der Waals surface area contributed by atoms with E-state index in [-0.39, 0.29) is 5.91 Å². The number of para-hydroxylation sites is 2. The first-order chi connectivity index (χ1) is 13.8. The Labute approximate surface area is 166 Å². The van der Waals surface area contributed by atoms with E-state index in [0.29, 0.717) is 32.0 Å². The standard InChI is InChI=1S/C19H22N6O2S/c26-16(20-14-3-1-2-4-15(14)24-9-11-27-12-10-24)7-8-17-23-25-18(13-5-6-13)21-22-19(25)28-17/h1-4,13H,5-12H2,(H,20,26). The van der Waals surface area contributed by atoms with Crippen molar-refractivity contribution >= 4 is 33.6 Å². The minimum Gasteiger partial charge on any atom is -0.378 e. The van der Waals surface area contributed by atoms with Gasteiger partial charge in [0.2, 0.25) is 10.9 Å². The molecular weight excluding hydrogens is 376 g/mol. The molecule has 0 spiro atoms. The van der Waals surface area contributed by atoms with Gasteiger partial charge in [-0.25, -0.2) is 0 Å². The highest BCUT2D eigenvalue weighted by Gasteiger charge is 2.30. The number of aromatic nitrogens is 4. The average molecular weight is 398 g/mol. The summed E-state index contributed by atoms with van der Waals surface area (Å²) in [5.41, 5.74) is 1.90. The van der Waals surface area contributed by atoms with Crippen molar-refractivity contribution in [1.29, 1.82) is 0 Å². The Morgan fingerprint density at radius 2 is 2.04 bits per heavy atom. The largest absolute Gasteiger partial charge is 0.378 e. The minimum absolute atomic E-state index is 0.00547. The number of rotatable bonds is 6. The molecule has 3 aromatic rings. The van der Waals surface area contributed by atoms with Crippen molar-refractivity contribution in [3.63, 3.8) is 0 Å². The number of fused-ring (bicyclic) bond motifs is 1. The Balaban J connectivity index is 1.23. The molecule has 1 saturated heterocycles. The lowest BCUT2D eigenvalue weighted by atomic mass is 10.2.